The number of hydrogen-bond donors (Lipinski definition) is 1. The van der Waals surface area contributed by atoms with E-state index in [2.05, 4.69) is 10.3 Å². The molecule has 1 aliphatic rings. The van der Waals surface area contributed by atoms with Crippen molar-refractivity contribution >= 4 is 34.8 Å². The third kappa shape index (κ3) is 6.43. The highest BCUT2D eigenvalue weighted by Gasteiger charge is 2.37. The zero-order valence-corrected chi connectivity index (χ0v) is 23.1. The summed E-state index contributed by atoms with van der Waals surface area (Å²) in [5.74, 6) is 1.17. The Labute approximate surface area is 226 Å². The van der Waals surface area contributed by atoms with Crippen LogP contribution in [0.4, 0.5) is 0 Å². The lowest BCUT2D eigenvalue weighted by Gasteiger charge is -2.36. The van der Waals surface area contributed by atoms with E-state index >= 15 is 0 Å². The van der Waals surface area contributed by atoms with E-state index in [1.807, 2.05) is 48.2 Å². The summed E-state index contributed by atoms with van der Waals surface area (Å²) in [4.78, 5) is 32.5. The Balaban J connectivity index is 1.32. The molecule has 0 aliphatic carbocycles. The molecular formula is C28H32ClN3O4S. The average Bonchev–Trinajstić information content (AvgIpc) is 3.40. The van der Waals surface area contributed by atoms with Crippen LogP contribution in [0.25, 0.3) is 0 Å². The number of para-hydroxylation sites is 1. The highest BCUT2D eigenvalue weighted by Crippen LogP contribution is 2.33. The van der Waals surface area contributed by atoms with Crippen LogP contribution in [0, 0.1) is 0 Å². The molecule has 3 aromatic rings. The van der Waals surface area contributed by atoms with Crippen LogP contribution in [0.3, 0.4) is 0 Å². The first-order chi connectivity index (χ1) is 17.7. The van der Waals surface area contributed by atoms with Gasteiger partial charge in [0.25, 0.3) is 11.8 Å². The topological polar surface area (TPSA) is 80.8 Å². The van der Waals surface area contributed by atoms with Gasteiger partial charge in [0.05, 0.1) is 23.2 Å². The van der Waals surface area contributed by atoms with E-state index in [4.69, 9.17) is 21.1 Å². The molecule has 1 saturated heterocycles. The molecule has 0 spiro atoms. The minimum absolute atomic E-state index is 0.0726. The van der Waals surface area contributed by atoms with Gasteiger partial charge < -0.3 is 19.7 Å². The molecule has 1 aliphatic heterocycles. The molecule has 4 rings (SSSR count). The molecule has 1 fully saturated rings. The second-order valence-corrected chi connectivity index (χ2v) is 10.9. The van der Waals surface area contributed by atoms with Crippen LogP contribution in [0.2, 0.25) is 5.02 Å². The van der Waals surface area contributed by atoms with Crippen molar-refractivity contribution < 1.29 is 19.1 Å². The van der Waals surface area contributed by atoms with Crippen LogP contribution in [0.1, 0.15) is 66.6 Å². The summed E-state index contributed by atoms with van der Waals surface area (Å²) in [6.07, 6.45) is 1.56. The van der Waals surface area contributed by atoms with Gasteiger partial charge in [-0.3, -0.25) is 9.59 Å². The fourth-order valence-corrected chi connectivity index (χ4v) is 5.55. The molecule has 9 heteroatoms. The van der Waals surface area contributed by atoms with Crippen molar-refractivity contribution in [2.75, 3.05) is 20.2 Å². The first-order valence-electron chi connectivity index (χ1n) is 12.3. The predicted octanol–water partition coefficient (Wildman–Crippen LogP) is 5.86. The maximum absolute atomic E-state index is 13.2. The molecule has 0 bridgehead atoms. The SMILES string of the molecule is COc1cccc(C(C)NC(=O)c2csc(C3CCN(C(=O)C(C)(C)Oc4ccccc4Cl)CC3)n2)c1. The number of hydrogen-bond acceptors (Lipinski definition) is 6. The van der Waals surface area contributed by atoms with Crippen LogP contribution in [0.5, 0.6) is 11.5 Å². The summed E-state index contributed by atoms with van der Waals surface area (Å²) in [6.45, 7) is 6.68. The van der Waals surface area contributed by atoms with Crippen LogP contribution >= 0.6 is 22.9 Å². The zero-order valence-electron chi connectivity index (χ0n) is 21.5. The summed E-state index contributed by atoms with van der Waals surface area (Å²) in [5, 5.41) is 6.23. The fourth-order valence-electron chi connectivity index (χ4n) is 4.40. The number of benzene rings is 2. The van der Waals surface area contributed by atoms with Gasteiger partial charge >= 0.3 is 0 Å². The first kappa shape index (κ1) is 26.9. The van der Waals surface area contributed by atoms with Gasteiger partial charge in [-0.1, -0.05) is 35.9 Å². The summed E-state index contributed by atoms with van der Waals surface area (Å²) < 4.78 is 11.3. The largest absolute Gasteiger partial charge is 0.497 e. The molecule has 1 N–H and O–H groups in total. The standard InChI is InChI=1S/C28H32ClN3O4S/c1-18(20-8-7-9-21(16-20)35-4)30-25(33)23-17-37-26(31-23)19-12-14-32(15-13-19)27(34)28(2,3)36-24-11-6-5-10-22(24)29/h5-11,16-19H,12-15H2,1-4H3,(H,30,33). The van der Waals surface area contributed by atoms with Crippen molar-refractivity contribution in [2.24, 2.45) is 0 Å². The maximum Gasteiger partial charge on any atom is 0.271 e. The second-order valence-electron chi connectivity index (χ2n) is 9.65. The number of nitrogens with zero attached hydrogens (tertiary/aromatic N) is 2. The summed E-state index contributed by atoms with van der Waals surface area (Å²) >= 11 is 7.71. The van der Waals surface area contributed by atoms with E-state index in [0.29, 0.717) is 29.6 Å². The number of methoxy groups -OCH3 is 1. The number of carbonyl (C=O) groups excluding carboxylic acids is 2. The molecule has 0 radical (unpaired) electrons. The minimum Gasteiger partial charge on any atom is -0.497 e. The van der Waals surface area contributed by atoms with Crippen LogP contribution < -0.4 is 14.8 Å². The van der Waals surface area contributed by atoms with Crippen molar-refractivity contribution in [2.45, 2.75) is 51.2 Å². The number of halogens is 1. The molecule has 0 saturated carbocycles. The van der Waals surface area contributed by atoms with Crippen LogP contribution in [-0.2, 0) is 4.79 Å². The maximum atomic E-state index is 13.2. The Morgan fingerprint density at radius 3 is 2.59 bits per heavy atom. The van der Waals surface area contributed by atoms with Gasteiger partial charge in [0.2, 0.25) is 0 Å². The van der Waals surface area contributed by atoms with Crippen LogP contribution in [-0.4, -0.2) is 47.5 Å². The number of nitrogens with one attached hydrogen (secondary N) is 1. The molecule has 1 atom stereocenters. The highest BCUT2D eigenvalue weighted by molar-refractivity contribution is 7.09. The van der Waals surface area contributed by atoms with Gasteiger partial charge in [0.15, 0.2) is 5.60 Å². The smallest absolute Gasteiger partial charge is 0.271 e. The molecule has 196 valence electrons. The van der Waals surface area contributed by atoms with Gasteiger partial charge in [-0.05, 0) is 63.4 Å². The van der Waals surface area contributed by atoms with E-state index in [1.54, 1.807) is 38.5 Å². The molecule has 2 heterocycles. The van der Waals surface area contributed by atoms with Crippen molar-refractivity contribution in [3.05, 3.63) is 75.2 Å². The molecule has 37 heavy (non-hydrogen) atoms. The normalized spacial score (nSPS) is 15.2. The van der Waals surface area contributed by atoms with Crippen molar-refractivity contribution in [1.29, 1.82) is 0 Å². The Morgan fingerprint density at radius 1 is 1.16 bits per heavy atom. The number of piperidine rings is 1. The van der Waals surface area contributed by atoms with Crippen molar-refractivity contribution in [3.63, 3.8) is 0 Å². The fraction of sp³-hybridized carbons (Fsp3) is 0.393. The summed E-state index contributed by atoms with van der Waals surface area (Å²) in [7, 11) is 1.62. The van der Waals surface area contributed by atoms with E-state index in [1.165, 1.54) is 11.3 Å². The lowest BCUT2D eigenvalue weighted by molar-refractivity contribution is -0.146. The van der Waals surface area contributed by atoms with Crippen molar-refractivity contribution in [1.82, 2.24) is 15.2 Å². The Bertz CT molecular complexity index is 1250. The van der Waals surface area contributed by atoms with E-state index < -0.39 is 5.60 Å². The number of aromatic nitrogens is 1. The third-order valence-corrected chi connectivity index (χ3v) is 7.86. The number of carbonyl (C=O) groups is 2. The third-order valence-electron chi connectivity index (χ3n) is 6.54. The monoisotopic (exact) mass is 541 g/mol. The Morgan fingerprint density at radius 2 is 1.89 bits per heavy atom. The van der Waals surface area contributed by atoms with Gasteiger partial charge in [-0.25, -0.2) is 4.98 Å². The Hall–Kier alpha value is -3.10. The lowest BCUT2D eigenvalue weighted by Crippen LogP contribution is -2.51. The van der Waals surface area contributed by atoms with Gasteiger partial charge in [-0.2, -0.15) is 0 Å². The number of likely N-dealkylation sites (tertiary alicyclic amines) is 1. The number of thiazole rings is 1. The average molecular weight is 542 g/mol. The first-order valence-corrected chi connectivity index (χ1v) is 13.6. The van der Waals surface area contributed by atoms with Crippen LogP contribution in [0.15, 0.2) is 53.9 Å². The molecule has 1 unspecified atom stereocenters. The van der Waals surface area contributed by atoms with Gasteiger partial charge in [0.1, 0.15) is 17.2 Å². The Kier molecular flexibility index (Phi) is 8.39. The number of rotatable bonds is 8. The molecule has 1 aromatic heterocycles. The summed E-state index contributed by atoms with van der Waals surface area (Å²) in [5.41, 5.74) is 0.341. The molecule has 7 nitrogen and oxygen atoms in total. The van der Waals surface area contributed by atoms with E-state index in [0.717, 1.165) is 29.2 Å². The molecule has 2 aromatic carbocycles. The zero-order chi connectivity index (χ0) is 26.6. The minimum atomic E-state index is -1.04. The lowest BCUT2D eigenvalue weighted by atomic mass is 9.96. The number of amides is 2. The number of ether oxygens (including phenoxy) is 2. The van der Waals surface area contributed by atoms with E-state index in [9.17, 15) is 9.59 Å². The highest BCUT2D eigenvalue weighted by atomic mass is 35.5. The molecule has 2 amide bonds. The van der Waals surface area contributed by atoms with Gasteiger partial charge in [-0.15, -0.1) is 11.3 Å². The predicted molar refractivity (Wildman–Crippen MR) is 146 cm³/mol. The van der Waals surface area contributed by atoms with Gasteiger partial charge in [0, 0.05) is 24.4 Å². The van der Waals surface area contributed by atoms with Crippen molar-refractivity contribution in [3.8, 4) is 11.5 Å². The summed E-state index contributed by atoms with van der Waals surface area (Å²) in [6, 6.07) is 14.6. The quantitative estimate of drug-likeness (QED) is 0.386. The molecular weight excluding hydrogens is 510 g/mol. The van der Waals surface area contributed by atoms with E-state index in [-0.39, 0.29) is 23.8 Å². The second kappa shape index (κ2) is 11.5.